The number of aromatic nitrogens is 3. The number of likely N-dealkylation sites (tertiary alicyclic amines) is 1. The molecule has 3 aliphatic rings. The highest BCUT2D eigenvalue weighted by atomic mass is 32.2. The number of rotatable bonds is 53. The lowest BCUT2D eigenvalue weighted by Crippen LogP contribution is -2.58. The third kappa shape index (κ3) is 43.6. The molecule has 0 radical (unpaired) electrons. The van der Waals surface area contributed by atoms with Crippen LogP contribution in [0.2, 0.25) is 0 Å². The summed E-state index contributed by atoms with van der Waals surface area (Å²) < 4.78 is 6.92. The molecule has 0 spiro atoms. The Balaban J connectivity index is 0.991. The topological polar surface area (TPSA) is 656 Å². The third-order valence-electron chi connectivity index (χ3n) is 20.8. The number of nitrogens with two attached hydrogens (primary N) is 1. The van der Waals surface area contributed by atoms with E-state index in [2.05, 4.69) is 74.1 Å². The van der Waals surface area contributed by atoms with E-state index >= 15 is 0 Å². The molecule has 46 nitrogen and oxygen atoms in total. The number of nitrogens with one attached hydrogen (secondary N) is 13. The smallest absolute Gasteiger partial charge is 0.317 e. The lowest BCUT2D eigenvalue weighted by Gasteiger charge is -2.32. The van der Waals surface area contributed by atoms with Gasteiger partial charge in [-0.2, -0.15) is 0 Å². The molecule has 13 amide bonds. The summed E-state index contributed by atoms with van der Waals surface area (Å²) in [4.78, 5) is 253. The Morgan fingerprint density at radius 3 is 1.75 bits per heavy atom. The molecular weight excluding hydrogens is 1720 g/mol. The number of thioether (sulfide) groups is 1. The number of carboxylic acids is 4. The van der Waals surface area contributed by atoms with Crippen LogP contribution < -0.4 is 69.5 Å². The van der Waals surface area contributed by atoms with Gasteiger partial charge in [0.25, 0.3) is 0 Å². The molecule has 1 aromatic heterocycles. The molecule has 714 valence electrons. The number of unbranched alkanes of at least 4 members (excludes halogenated alkanes) is 3. The number of carbonyl (C=O) groups is 19. The Morgan fingerprint density at radius 1 is 0.554 bits per heavy atom. The zero-order chi connectivity index (χ0) is 94.9. The van der Waals surface area contributed by atoms with Gasteiger partial charge in [-0.25, -0.2) is 4.68 Å². The van der Waals surface area contributed by atoms with Crippen molar-refractivity contribution in [3.8, 4) is 0 Å². The van der Waals surface area contributed by atoms with E-state index in [1.54, 1.807) is 74.2 Å². The van der Waals surface area contributed by atoms with Crippen molar-refractivity contribution in [3.63, 3.8) is 0 Å². The number of carboxylic acid groups (broad SMARTS) is 4. The van der Waals surface area contributed by atoms with Crippen LogP contribution >= 0.6 is 11.8 Å². The predicted octanol–water partition coefficient (Wildman–Crippen LogP) is -4.46. The predicted molar refractivity (Wildman–Crippen MR) is 467 cm³/mol. The van der Waals surface area contributed by atoms with Crippen molar-refractivity contribution in [3.05, 3.63) is 77.6 Å². The Kier molecular flexibility index (Phi) is 47.6. The largest absolute Gasteiger partial charge is 0.481 e. The number of aliphatic carboxylic acids is 4. The van der Waals surface area contributed by atoms with Crippen molar-refractivity contribution in [2.75, 3.05) is 142 Å². The number of nitrogens with zero attached hydrogens (tertiary/aromatic N) is 8. The summed E-state index contributed by atoms with van der Waals surface area (Å²) in [5.74, 6) is -13.3. The molecule has 3 fully saturated rings. The molecule has 1 unspecified atom stereocenters. The van der Waals surface area contributed by atoms with Crippen molar-refractivity contribution < 1.29 is 116 Å². The number of benzene rings is 2. The zero-order valence-electron chi connectivity index (χ0n) is 73.0. The molecule has 2 aromatic carbocycles. The van der Waals surface area contributed by atoms with Crippen LogP contribution in [0.1, 0.15) is 133 Å². The van der Waals surface area contributed by atoms with Crippen molar-refractivity contribution in [2.45, 2.75) is 177 Å². The molecule has 6 rings (SSSR count). The Bertz CT molecular complexity index is 4320. The Labute approximate surface area is 754 Å². The number of aryl methyl sites for hydroxylation is 1. The van der Waals surface area contributed by atoms with Gasteiger partial charge in [-0.15, -0.1) is 16.9 Å². The van der Waals surface area contributed by atoms with Crippen LogP contribution in [0, 0.1) is 5.41 Å². The van der Waals surface area contributed by atoms with Gasteiger partial charge in [-0.1, -0.05) is 47.7 Å². The van der Waals surface area contributed by atoms with Gasteiger partial charge in [0, 0.05) is 129 Å². The number of guanidine groups is 1. The van der Waals surface area contributed by atoms with Gasteiger partial charge in [-0.05, 0) is 107 Å². The molecule has 3 saturated heterocycles. The van der Waals surface area contributed by atoms with Gasteiger partial charge in [0.2, 0.25) is 76.8 Å². The monoisotopic (exact) mass is 1840 g/mol. The van der Waals surface area contributed by atoms with E-state index < -0.39 is 143 Å². The maximum atomic E-state index is 14.2. The standard InChI is InChI=1S/C83H122N22O24S/c1-54(106)42-59(107)23-20-55-18-21-57(22-19-55)92-67(109)17-7-10-41-130-65-45-72(114)105(82(65)128)30-24-68(110)93-60(14-5-9-27-87-71(113)50-104-48-58(98-99-104)46-90-70(112)49-100-31-33-101(51-74(117)118)35-37-103(53-76(121)122)38-36-102(34-32-100)52-75(119)120)77(123)88-29-40-129-39-25-66(108)86-26-8-6-15-62-79(125)95-61(16-11-28-89-83(84)85)78(124)91-47-69(111)94-64(44-73(115)116)81(127)97-63(80(126)96-62)43-56-12-3-2-4-13-56/h2-4,12-13,18-19,21-22,48,60-65H,5-11,14-17,20,23-47,49-53H2,1H3,(H,86,108)(H,87,113)(H,88,123)(H,90,112)(H,91,124)(H,92,109)(H,93,110)(H,94,111)(H,95,125)(H,96,126)(H,97,127)(H,115,116)(H,117,118)(H,119,120)(H,121,122)(H4,84,85,89)/t60-,61-,62-,63+,64-,65?/m0/s1. The van der Waals surface area contributed by atoms with Gasteiger partial charge in [0.05, 0.1) is 76.8 Å². The van der Waals surface area contributed by atoms with E-state index in [0.717, 1.165) is 10.5 Å². The van der Waals surface area contributed by atoms with Crippen LogP contribution in [0.5, 0.6) is 0 Å². The average molecular weight is 1840 g/mol. The van der Waals surface area contributed by atoms with E-state index in [1.165, 1.54) is 29.6 Å². The van der Waals surface area contributed by atoms with Crippen LogP contribution in [0.15, 0.2) is 60.8 Å². The maximum Gasteiger partial charge on any atom is 0.317 e. The van der Waals surface area contributed by atoms with E-state index in [4.69, 9.17) is 15.9 Å². The SMILES string of the molecule is CC(=O)CC(=O)CCc1ccc(NC(=O)CCCCSC2CC(=O)N(CCC(=O)N[C@@H](CCCCNC(=O)Cn3cc(CNC(=O)CN4CCN(CC(=O)O)CCN(CC(=O)O)CCN(CC(=O)O)CC4)nn3)C(=O)NCCOCCC(=O)NCCCC[C@@H]3NC(=O)[C@@H](Cc4ccccc4)NC(=O)[C@H](CC(=O)O)NC(=O)CNC(=O)[C@H](CCCNC(=N)N)NC3=O)C2=O)cc1. The molecule has 6 atom stereocenters. The highest BCUT2D eigenvalue weighted by molar-refractivity contribution is 8.00. The van der Waals surface area contributed by atoms with Crippen LogP contribution in [-0.2, 0) is 122 Å². The van der Waals surface area contributed by atoms with Crippen molar-refractivity contribution >= 4 is 136 Å². The van der Waals surface area contributed by atoms with E-state index in [-0.39, 0.29) is 251 Å². The molecular formula is C83H122N22O24S. The fourth-order valence-corrected chi connectivity index (χ4v) is 15.1. The molecule has 19 N–H and O–H groups in total. The average Bonchev–Trinajstić information content (AvgIpc) is 1.69. The van der Waals surface area contributed by atoms with Gasteiger partial charge in [0.1, 0.15) is 54.0 Å². The molecule has 0 saturated carbocycles. The normalized spacial score (nSPS) is 18.1. The quantitative estimate of drug-likeness (QED) is 0.00833. The number of ether oxygens (including phenoxy) is 1. The number of hydrogen-bond acceptors (Lipinski definition) is 28. The molecule has 0 bridgehead atoms. The fourth-order valence-electron chi connectivity index (χ4n) is 13.9. The lowest BCUT2D eigenvalue weighted by atomic mass is 10.0. The molecule has 3 aromatic rings. The minimum Gasteiger partial charge on any atom is -0.481 e. The molecule has 4 heterocycles. The minimum absolute atomic E-state index is 0.0432. The van der Waals surface area contributed by atoms with Gasteiger partial charge >= 0.3 is 23.9 Å². The lowest BCUT2D eigenvalue weighted by molar-refractivity contribution is -0.141. The summed E-state index contributed by atoms with van der Waals surface area (Å²) in [6.07, 6.45) is 2.79. The number of imide groups is 1. The van der Waals surface area contributed by atoms with E-state index in [1.807, 2.05) is 0 Å². The minimum atomic E-state index is -1.69. The molecule has 47 heteroatoms. The number of anilines is 1. The second-order valence-electron chi connectivity index (χ2n) is 31.5. The fraction of sp³-hybridized carbons (Fsp3) is 0.590. The maximum absolute atomic E-state index is 14.2. The first-order valence-electron chi connectivity index (χ1n) is 43.2. The summed E-state index contributed by atoms with van der Waals surface area (Å²) in [7, 11) is 0. The Morgan fingerprint density at radius 2 is 1.13 bits per heavy atom. The molecule has 0 aliphatic carbocycles. The van der Waals surface area contributed by atoms with E-state index in [9.17, 15) is 112 Å². The van der Waals surface area contributed by atoms with Gasteiger partial charge in [-0.3, -0.25) is 121 Å². The first-order valence-corrected chi connectivity index (χ1v) is 44.2. The Hall–Kier alpha value is -12.5. The highest BCUT2D eigenvalue weighted by Gasteiger charge is 2.40. The summed E-state index contributed by atoms with van der Waals surface area (Å²) in [5, 5.41) is 84.8. The number of amides is 13. The second kappa shape index (κ2) is 58.2. The van der Waals surface area contributed by atoms with Crippen molar-refractivity contribution in [1.82, 2.24) is 98.0 Å². The molecule has 3 aliphatic heterocycles. The number of carbonyl (C=O) groups excluding carboxylic acids is 15. The van der Waals surface area contributed by atoms with Gasteiger partial charge < -0.3 is 94.7 Å². The van der Waals surface area contributed by atoms with Crippen LogP contribution in [0.4, 0.5) is 5.69 Å². The van der Waals surface area contributed by atoms with E-state index in [0.29, 0.717) is 48.4 Å². The number of Topliss-reactive ketones (excluding diaryl/α,β-unsaturated/α-hetero) is 2. The first-order chi connectivity index (χ1) is 62.1. The van der Waals surface area contributed by atoms with Gasteiger partial charge in [0.15, 0.2) is 5.96 Å². The third-order valence-corrected chi connectivity index (χ3v) is 22.1. The highest BCUT2D eigenvalue weighted by Crippen LogP contribution is 2.27. The number of hydrogen-bond donors (Lipinski definition) is 18. The van der Waals surface area contributed by atoms with Crippen LogP contribution in [-0.4, -0.2) is 350 Å². The number of ketones is 2. The van der Waals surface area contributed by atoms with Crippen LogP contribution in [0.3, 0.4) is 0 Å². The van der Waals surface area contributed by atoms with Crippen molar-refractivity contribution in [2.24, 2.45) is 5.73 Å². The zero-order valence-corrected chi connectivity index (χ0v) is 73.8. The molecule has 130 heavy (non-hydrogen) atoms. The van der Waals surface area contributed by atoms with Crippen molar-refractivity contribution in [1.29, 1.82) is 5.41 Å². The first kappa shape index (κ1) is 106. The summed E-state index contributed by atoms with van der Waals surface area (Å²) in [5.41, 5.74) is 7.74. The summed E-state index contributed by atoms with van der Waals surface area (Å²) in [6.45, 7) is 0.466. The second-order valence-corrected chi connectivity index (χ2v) is 32.9. The van der Waals surface area contributed by atoms with Crippen LogP contribution in [0.25, 0.3) is 0 Å². The summed E-state index contributed by atoms with van der Waals surface area (Å²) >= 11 is 1.27. The summed E-state index contributed by atoms with van der Waals surface area (Å²) in [6, 6.07) is 8.56.